The molecule has 2 atom stereocenters. The number of alkyl halides is 2. The highest BCUT2D eigenvalue weighted by atomic mass is 127. The van der Waals surface area contributed by atoms with Gasteiger partial charge < -0.3 is 4.48 Å². The normalized spacial score (nSPS) is 14.1. The SMILES string of the molecule is C#CC(I)[N+](CCCCC)(CCCCC)CC(Cl)c1ccccc1. The van der Waals surface area contributed by atoms with E-state index >= 15 is 0 Å². The lowest BCUT2D eigenvalue weighted by molar-refractivity contribution is -0.927. The van der Waals surface area contributed by atoms with Gasteiger partial charge in [0.25, 0.3) is 0 Å². The predicted molar refractivity (Wildman–Crippen MR) is 116 cm³/mol. The van der Waals surface area contributed by atoms with Crippen LogP contribution in [0.1, 0.15) is 63.3 Å². The number of hydrogen-bond donors (Lipinski definition) is 0. The lowest BCUT2D eigenvalue weighted by Crippen LogP contribution is -2.55. The summed E-state index contributed by atoms with van der Waals surface area (Å²) < 4.78 is 1.13. The predicted octanol–water partition coefficient (Wildman–Crippen LogP) is 6.56. The van der Waals surface area contributed by atoms with Crippen molar-refractivity contribution in [3.8, 4) is 12.3 Å². The molecule has 0 N–H and O–H groups in total. The molecule has 0 amide bonds. The van der Waals surface area contributed by atoms with E-state index in [1.54, 1.807) is 0 Å². The Morgan fingerprint density at radius 1 is 1.04 bits per heavy atom. The quantitative estimate of drug-likeness (QED) is 0.0827. The van der Waals surface area contributed by atoms with E-state index in [-0.39, 0.29) is 9.43 Å². The van der Waals surface area contributed by atoms with Crippen molar-refractivity contribution >= 4 is 34.2 Å². The molecule has 0 spiro atoms. The van der Waals surface area contributed by atoms with Crippen molar-refractivity contribution in [1.29, 1.82) is 0 Å². The maximum atomic E-state index is 6.83. The fourth-order valence-electron chi connectivity index (χ4n) is 3.21. The van der Waals surface area contributed by atoms with Crippen LogP contribution in [0.2, 0.25) is 0 Å². The van der Waals surface area contributed by atoms with E-state index in [1.807, 2.05) is 6.07 Å². The number of quaternary nitrogens is 1. The second-order valence-electron chi connectivity index (χ2n) is 6.64. The summed E-state index contributed by atoms with van der Waals surface area (Å²) in [5.74, 6) is 3.02. The summed E-state index contributed by atoms with van der Waals surface area (Å²) in [7, 11) is 0. The third-order valence-corrected chi connectivity index (χ3v) is 6.65. The minimum Gasteiger partial charge on any atom is -0.301 e. The summed E-state index contributed by atoms with van der Waals surface area (Å²) >= 11 is 9.28. The molecule has 134 valence electrons. The van der Waals surface area contributed by atoms with Crippen LogP contribution in [0.25, 0.3) is 0 Å². The van der Waals surface area contributed by atoms with Crippen LogP contribution in [0.3, 0.4) is 0 Å². The number of unbranched alkanes of at least 4 members (excludes halogenated alkanes) is 4. The zero-order valence-corrected chi connectivity index (χ0v) is 18.1. The van der Waals surface area contributed by atoms with Crippen LogP contribution in [0.5, 0.6) is 0 Å². The van der Waals surface area contributed by atoms with E-state index in [0.29, 0.717) is 0 Å². The maximum absolute atomic E-state index is 6.83. The van der Waals surface area contributed by atoms with Gasteiger partial charge in [0.05, 0.1) is 13.1 Å². The van der Waals surface area contributed by atoms with Crippen LogP contribution in [-0.2, 0) is 0 Å². The van der Waals surface area contributed by atoms with Crippen LogP contribution < -0.4 is 0 Å². The van der Waals surface area contributed by atoms with Gasteiger partial charge in [0, 0.05) is 22.6 Å². The third kappa shape index (κ3) is 6.94. The van der Waals surface area contributed by atoms with Crippen LogP contribution in [0, 0.1) is 12.3 Å². The summed E-state index contributed by atoms with van der Waals surface area (Å²) in [5.41, 5.74) is 1.20. The molecule has 0 bridgehead atoms. The van der Waals surface area contributed by atoms with Crippen LogP contribution >= 0.6 is 34.2 Å². The Balaban J connectivity index is 2.95. The Hall–Kier alpha value is -0.240. The molecule has 0 fully saturated rings. The minimum absolute atomic E-state index is 0.0140. The fraction of sp³-hybridized carbons (Fsp3) is 0.619. The van der Waals surface area contributed by atoms with Crippen LogP contribution in [-0.4, -0.2) is 28.2 Å². The highest BCUT2D eigenvalue weighted by Crippen LogP contribution is 2.31. The number of nitrogens with zero attached hydrogens (tertiary/aromatic N) is 1. The van der Waals surface area contributed by atoms with Crippen molar-refractivity contribution < 1.29 is 4.48 Å². The Kier molecular flexibility index (Phi) is 11.1. The van der Waals surface area contributed by atoms with Crippen LogP contribution in [0.4, 0.5) is 0 Å². The monoisotopic (exact) mass is 460 g/mol. The van der Waals surface area contributed by atoms with Gasteiger partial charge >= 0.3 is 0 Å². The summed E-state index contributed by atoms with van der Waals surface area (Å²) in [6, 6.07) is 10.4. The lowest BCUT2D eigenvalue weighted by Gasteiger charge is -2.42. The number of benzene rings is 1. The highest BCUT2D eigenvalue weighted by Gasteiger charge is 2.36. The number of halogens is 2. The molecular weight excluding hydrogens is 429 g/mol. The topological polar surface area (TPSA) is 0 Å². The molecule has 0 saturated heterocycles. The second kappa shape index (κ2) is 12.2. The molecule has 1 aromatic rings. The summed E-state index contributed by atoms with van der Waals surface area (Å²) in [5, 5.41) is 0.0140. The van der Waals surface area contributed by atoms with Gasteiger partial charge in [-0.15, -0.1) is 18.0 Å². The molecule has 0 aromatic heterocycles. The molecule has 0 radical (unpaired) electrons. The van der Waals surface area contributed by atoms with E-state index in [2.05, 4.69) is 66.6 Å². The largest absolute Gasteiger partial charge is 0.301 e. The first-order chi connectivity index (χ1) is 11.6. The molecule has 0 aliphatic heterocycles. The summed E-state index contributed by atoms with van der Waals surface area (Å²) in [4.78, 5) is 0. The number of terminal acetylenes is 1. The average molecular weight is 461 g/mol. The van der Waals surface area contributed by atoms with Gasteiger partial charge in [0.1, 0.15) is 11.9 Å². The van der Waals surface area contributed by atoms with Crippen molar-refractivity contribution in [1.82, 2.24) is 0 Å². The molecule has 0 saturated carbocycles. The highest BCUT2D eigenvalue weighted by molar-refractivity contribution is 14.1. The fourth-order valence-corrected chi connectivity index (χ4v) is 4.42. The summed E-state index contributed by atoms with van der Waals surface area (Å²) in [6.07, 6.45) is 13.3. The molecule has 1 aromatic carbocycles. The van der Waals surface area contributed by atoms with Gasteiger partial charge in [0.15, 0.2) is 0 Å². The Labute approximate surface area is 167 Å². The van der Waals surface area contributed by atoms with Gasteiger partial charge in [-0.2, -0.15) is 0 Å². The first-order valence-corrected chi connectivity index (χ1v) is 10.9. The van der Waals surface area contributed by atoms with Crippen molar-refractivity contribution in [2.24, 2.45) is 0 Å². The van der Waals surface area contributed by atoms with E-state index in [0.717, 1.165) is 24.1 Å². The van der Waals surface area contributed by atoms with Gasteiger partial charge in [-0.1, -0.05) is 57.0 Å². The molecule has 1 nitrogen and oxygen atoms in total. The zero-order valence-electron chi connectivity index (χ0n) is 15.2. The molecule has 0 aliphatic rings. The average Bonchev–Trinajstić information content (AvgIpc) is 2.61. The van der Waals surface area contributed by atoms with Crippen LogP contribution in [0.15, 0.2) is 30.3 Å². The van der Waals surface area contributed by atoms with E-state index in [1.165, 1.54) is 44.1 Å². The molecule has 2 unspecified atom stereocenters. The van der Waals surface area contributed by atoms with E-state index in [4.69, 9.17) is 18.0 Å². The third-order valence-electron chi connectivity index (χ3n) is 4.72. The van der Waals surface area contributed by atoms with Gasteiger partial charge in [-0.3, -0.25) is 0 Å². The minimum atomic E-state index is 0.0140. The van der Waals surface area contributed by atoms with E-state index < -0.39 is 0 Å². The summed E-state index contributed by atoms with van der Waals surface area (Å²) in [6.45, 7) is 7.68. The van der Waals surface area contributed by atoms with Crippen molar-refractivity contribution in [3.05, 3.63) is 35.9 Å². The Bertz CT molecular complexity index is 472. The Morgan fingerprint density at radius 2 is 1.58 bits per heavy atom. The first-order valence-electron chi connectivity index (χ1n) is 9.24. The maximum Gasteiger partial charge on any atom is 0.200 e. The zero-order chi connectivity index (χ0) is 17.8. The molecule has 1 rings (SSSR count). The van der Waals surface area contributed by atoms with Gasteiger partial charge in [0.2, 0.25) is 4.05 Å². The number of hydrogen-bond acceptors (Lipinski definition) is 0. The van der Waals surface area contributed by atoms with Crippen molar-refractivity contribution in [2.75, 3.05) is 19.6 Å². The first kappa shape index (κ1) is 21.8. The Morgan fingerprint density at radius 3 is 2.04 bits per heavy atom. The number of rotatable bonds is 12. The lowest BCUT2D eigenvalue weighted by atomic mass is 10.1. The molecule has 0 heterocycles. The van der Waals surface area contributed by atoms with Crippen molar-refractivity contribution in [3.63, 3.8) is 0 Å². The van der Waals surface area contributed by atoms with Gasteiger partial charge in [-0.25, -0.2) is 0 Å². The van der Waals surface area contributed by atoms with Crippen molar-refractivity contribution in [2.45, 2.75) is 61.8 Å². The molecule has 0 aliphatic carbocycles. The second-order valence-corrected chi connectivity index (χ2v) is 8.35. The molecular formula is C21H32ClIN+. The smallest absolute Gasteiger partial charge is 0.200 e. The van der Waals surface area contributed by atoms with E-state index in [9.17, 15) is 0 Å². The molecule has 24 heavy (non-hydrogen) atoms. The standard InChI is InChI=1S/C21H32ClIN/c1-4-7-12-16-24(21(23)6-3,17-13-8-5-2)18-20(22)19-14-10-9-11-15-19/h3,9-11,14-15,20-21H,4-5,7-8,12-13,16-18H2,1-2H3/q+1. The molecule has 3 heteroatoms. The van der Waals surface area contributed by atoms with Gasteiger partial charge in [-0.05, 0) is 37.2 Å².